The highest BCUT2D eigenvalue weighted by Crippen LogP contribution is 2.23. The van der Waals surface area contributed by atoms with E-state index in [2.05, 4.69) is 14.7 Å². The van der Waals surface area contributed by atoms with Crippen LogP contribution < -0.4 is 4.72 Å². The molecule has 0 aliphatic rings. The second-order valence-corrected chi connectivity index (χ2v) is 7.94. The molecule has 0 amide bonds. The van der Waals surface area contributed by atoms with Crippen molar-refractivity contribution in [3.63, 3.8) is 0 Å². The first kappa shape index (κ1) is 18.8. The highest BCUT2D eigenvalue weighted by atomic mass is 35.5. The molecule has 6 nitrogen and oxygen atoms in total. The fraction of sp³-hybridized carbons (Fsp3) is 0.176. The maximum Gasteiger partial charge on any atom is 0.243 e. The van der Waals surface area contributed by atoms with Crippen molar-refractivity contribution in [2.24, 2.45) is 0 Å². The fourth-order valence-electron chi connectivity index (χ4n) is 2.35. The lowest BCUT2D eigenvalue weighted by molar-refractivity contribution is 0.538. The third kappa shape index (κ3) is 4.24. The van der Waals surface area contributed by atoms with E-state index in [1.165, 1.54) is 12.1 Å². The molecule has 0 saturated heterocycles. The van der Waals surface area contributed by atoms with Gasteiger partial charge in [-0.25, -0.2) is 23.1 Å². The number of nitrogens with one attached hydrogen (secondary N) is 1. The minimum Gasteiger partial charge on any atom is -0.441 e. The summed E-state index contributed by atoms with van der Waals surface area (Å²) in [7, 11) is -3.80. The van der Waals surface area contributed by atoms with E-state index in [1.807, 2.05) is 30.3 Å². The predicted octanol–water partition coefficient (Wildman–Crippen LogP) is 3.87. The Morgan fingerprint density at radius 2 is 1.81 bits per heavy atom. The number of aromatic nitrogens is 2. The molecule has 0 aliphatic carbocycles. The van der Waals surface area contributed by atoms with Crippen molar-refractivity contribution in [2.45, 2.75) is 18.2 Å². The molecule has 9 heteroatoms. The van der Waals surface area contributed by atoms with E-state index in [4.69, 9.17) is 27.6 Å². The number of hydrogen-bond donors (Lipinski definition) is 1. The van der Waals surface area contributed by atoms with Gasteiger partial charge >= 0.3 is 0 Å². The lowest BCUT2D eigenvalue weighted by Gasteiger charge is -2.07. The summed E-state index contributed by atoms with van der Waals surface area (Å²) in [6, 6.07) is 12.2. The van der Waals surface area contributed by atoms with Gasteiger partial charge in [-0.2, -0.15) is 0 Å². The minimum atomic E-state index is -3.80. The van der Waals surface area contributed by atoms with Gasteiger partial charge in [0.2, 0.25) is 15.9 Å². The lowest BCUT2D eigenvalue weighted by Crippen LogP contribution is -2.26. The fourth-order valence-corrected chi connectivity index (χ4v) is 4.04. The van der Waals surface area contributed by atoms with Crippen LogP contribution in [0.2, 0.25) is 10.3 Å². The summed E-state index contributed by atoms with van der Waals surface area (Å²) in [4.78, 5) is 8.07. The van der Waals surface area contributed by atoms with Gasteiger partial charge in [0.05, 0.1) is 5.69 Å². The van der Waals surface area contributed by atoms with Crippen LogP contribution in [0.15, 0.2) is 51.8 Å². The van der Waals surface area contributed by atoms with Gasteiger partial charge < -0.3 is 4.42 Å². The average molecular weight is 412 g/mol. The number of aryl methyl sites for hydroxylation is 1. The monoisotopic (exact) mass is 411 g/mol. The van der Waals surface area contributed by atoms with Gasteiger partial charge in [0, 0.05) is 18.5 Å². The van der Waals surface area contributed by atoms with Crippen molar-refractivity contribution in [1.82, 2.24) is 14.7 Å². The normalized spacial score (nSPS) is 11.7. The highest BCUT2D eigenvalue weighted by molar-refractivity contribution is 7.89. The molecule has 0 spiro atoms. The quantitative estimate of drug-likeness (QED) is 0.622. The summed E-state index contributed by atoms with van der Waals surface area (Å²) >= 11 is 11.6. The molecular formula is C17H15Cl2N3O3S. The SMILES string of the molecule is Cc1oc(-c2ccccc2)nc1CCNS(=O)(=O)c1ccc(Cl)nc1Cl. The molecular weight excluding hydrogens is 397 g/mol. The molecule has 0 atom stereocenters. The zero-order valence-corrected chi connectivity index (χ0v) is 16.1. The molecule has 0 fully saturated rings. The molecule has 0 radical (unpaired) electrons. The van der Waals surface area contributed by atoms with Crippen molar-refractivity contribution in [3.8, 4) is 11.5 Å². The average Bonchev–Trinajstić information content (AvgIpc) is 2.96. The van der Waals surface area contributed by atoms with Crippen LogP contribution in [0.25, 0.3) is 11.5 Å². The Morgan fingerprint density at radius 1 is 1.08 bits per heavy atom. The van der Waals surface area contributed by atoms with Crippen molar-refractivity contribution >= 4 is 33.2 Å². The molecule has 3 aromatic rings. The maximum absolute atomic E-state index is 12.3. The molecule has 0 saturated carbocycles. The van der Waals surface area contributed by atoms with E-state index in [9.17, 15) is 8.42 Å². The molecule has 0 unspecified atom stereocenters. The van der Waals surface area contributed by atoms with Crippen LogP contribution in [0.3, 0.4) is 0 Å². The zero-order valence-electron chi connectivity index (χ0n) is 13.7. The first-order chi connectivity index (χ1) is 12.4. The van der Waals surface area contributed by atoms with Gasteiger partial charge in [0.15, 0.2) is 5.15 Å². The molecule has 136 valence electrons. The van der Waals surface area contributed by atoms with Crippen molar-refractivity contribution in [2.75, 3.05) is 6.54 Å². The molecule has 0 bridgehead atoms. The third-order valence-electron chi connectivity index (χ3n) is 3.64. The van der Waals surface area contributed by atoms with Gasteiger partial charge in [-0.05, 0) is 31.2 Å². The second kappa shape index (κ2) is 7.75. The number of halogens is 2. The number of hydrogen-bond acceptors (Lipinski definition) is 5. The Bertz CT molecular complexity index is 1020. The number of sulfonamides is 1. The van der Waals surface area contributed by atoms with E-state index >= 15 is 0 Å². The predicted molar refractivity (Wildman–Crippen MR) is 99.8 cm³/mol. The summed E-state index contributed by atoms with van der Waals surface area (Å²) in [5.41, 5.74) is 1.55. The topological polar surface area (TPSA) is 85.1 Å². The smallest absolute Gasteiger partial charge is 0.243 e. The molecule has 26 heavy (non-hydrogen) atoms. The van der Waals surface area contributed by atoms with Crippen LogP contribution in [0.1, 0.15) is 11.5 Å². The van der Waals surface area contributed by atoms with Gasteiger partial charge in [0.25, 0.3) is 0 Å². The molecule has 2 aromatic heterocycles. The molecule has 1 N–H and O–H groups in total. The molecule has 0 aliphatic heterocycles. The molecule has 1 aromatic carbocycles. The van der Waals surface area contributed by atoms with Crippen LogP contribution >= 0.6 is 23.2 Å². The largest absolute Gasteiger partial charge is 0.441 e. The Hall–Kier alpha value is -1.93. The van der Waals surface area contributed by atoms with Crippen molar-refractivity contribution in [3.05, 3.63) is 64.2 Å². The number of pyridine rings is 1. The van der Waals surface area contributed by atoms with Gasteiger partial charge in [-0.1, -0.05) is 41.4 Å². The first-order valence-electron chi connectivity index (χ1n) is 7.70. The Labute approximate surface area is 161 Å². The maximum atomic E-state index is 12.3. The number of rotatable bonds is 6. The Balaban J connectivity index is 1.69. The number of oxazole rings is 1. The van der Waals surface area contributed by atoms with E-state index in [0.717, 1.165) is 5.56 Å². The Morgan fingerprint density at radius 3 is 2.50 bits per heavy atom. The van der Waals surface area contributed by atoms with Crippen LogP contribution in [0.4, 0.5) is 0 Å². The first-order valence-corrected chi connectivity index (χ1v) is 9.94. The van der Waals surface area contributed by atoms with Gasteiger partial charge in [-0.3, -0.25) is 0 Å². The number of benzene rings is 1. The van der Waals surface area contributed by atoms with E-state index in [1.54, 1.807) is 6.92 Å². The van der Waals surface area contributed by atoms with Crippen molar-refractivity contribution in [1.29, 1.82) is 0 Å². The van der Waals surface area contributed by atoms with Crippen LogP contribution in [-0.2, 0) is 16.4 Å². The third-order valence-corrected chi connectivity index (χ3v) is 5.74. The zero-order chi connectivity index (χ0) is 18.7. The van der Waals surface area contributed by atoms with Gasteiger partial charge in [0.1, 0.15) is 15.8 Å². The van der Waals surface area contributed by atoms with E-state index < -0.39 is 10.0 Å². The molecule has 2 heterocycles. The van der Waals surface area contributed by atoms with Crippen LogP contribution in [0.5, 0.6) is 0 Å². The van der Waals surface area contributed by atoms with Crippen LogP contribution in [-0.4, -0.2) is 24.9 Å². The number of nitrogens with zero attached hydrogens (tertiary/aromatic N) is 2. The lowest BCUT2D eigenvalue weighted by atomic mass is 10.2. The second-order valence-electron chi connectivity index (χ2n) is 5.46. The van der Waals surface area contributed by atoms with Gasteiger partial charge in [-0.15, -0.1) is 0 Å². The van der Waals surface area contributed by atoms with Crippen molar-refractivity contribution < 1.29 is 12.8 Å². The van der Waals surface area contributed by atoms with E-state index in [0.29, 0.717) is 23.8 Å². The summed E-state index contributed by atoms with van der Waals surface area (Å²) in [6.07, 6.45) is 0.375. The summed E-state index contributed by atoms with van der Waals surface area (Å²) in [5.74, 6) is 1.15. The Kier molecular flexibility index (Phi) is 5.62. The highest BCUT2D eigenvalue weighted by Gasteiger charge is 2.19. The van der Waals surface area contributed by atoms with E-state index in [-0.39, 0.29) is 21.7 Å². The standard InChI is InChI=1S/C17H15Cl2N3O3S/c1-11-13(21-17(25-11)12-5-3-2-4-6-12)9-10-20-26(23,24)14-7-8-15(18)22-16(14)19/h2-8,20H,9-10H2,1H3. The summed E-state index contributed by atoms with van der Waals surface area (Å²) in [6.45, 7) is 1.94. The summed E-state index contributed by atoms with van der Waals surface area (Å²) in [5, 5.41) is -0.0467. The summed E-state index contributed by atoms with van der Waals surface area (Å²) < 4.78 is 32.8. The van der Waals surface area contributed by atoms with Crippen LogP contribution in [0, 0.1) is 6.92 Å². The minimum absolute atomic E-state index is 0.120. The molecule has 3 rings (SSSR count).